The molecule has 1 aliphatic heterocycles. The number of rotatable bonds is 9. The predicted octanol–water partition coefficient (Wildman–Crippen LogP) is 4.14. The van der Waals surface area contributed by atoms with Gasteiger partial charge in [-0.3, -0.25) is 9.69 Å². The molecule has 0 unspecified atom stereocenters. The van der Waals surface area contributed by atoms with Crippen molar-refractivity contribution in [3.05, 3.63) is 28.1 Å². The van der Waals surface area contributed by atoms with Crippen molar-refractivity contribution in [1.82, 2.24) is 20.4 Å². The van der Waals surface area contributed by atoms with E-state index >= 15 is 0 Å². The van der Waals surface area contributed by atoms with Crippen LogP contribution in [-0.4, -0.2) is 52.6 Å². The fraction of sp³-hybridized carbons (Fsp3) is 0.696. The van der Waals surface area contributed by atoms with E-state index in [9.17, 15) is 13.6 Å². The first-order valence-electron chi connectivity index (χ1n) is 11.7. The lowest BCUT2D eigenvalue weighted by Gasteiger charge is -2.31. The summed E-state index contributed by atoms with van der Waals surface area (Å²) < 4.78 is 36.4. The van der Waals surface area contributed by atoms with E-state index in [1.807, 2.05) is 6.92 Å². The minimum absolute atomic E-state index is 0.00649. The van der Waals surface area contributed by atoms with Crippen LogP contribution in [-0.2, 0) is 24.2 Å². The molecule has 33 heavy (non-hydrogen) atoms. The molecule has 4 rings (SSSR count). The summed E-state index contributed by atoms with van der Waals surface area (Å²) in [4.78, 5) is 20.2. The van der Waals surface area contributed by atoms with Crippen LogP contribution in [0.1, 0.15) is 61.1 Å². The Bertz CT molecular complexity index is 935. The zero-order valence-electron chi connectivity index (χ0n) is 19.2. The quantitative estimate of drug-likeness (QED) is 0.579. The van der Waals surface area contributed by atoms with Crippen LogP contribution in [0.3, 0.4) is 0 Å². The van der Waals surface area contributed by atoms with Crippen LogP contribution in [0.25, 0.3) is 0 Å². The average molecular weight is 483 g/mol. The summed E-state index contributed by atoms with van der Waals surface area (Å²) in [6, 6.07) is 2.03. The highest BCUT2D eigenvalue weighted by atomic mass is 32.1. The van der Waals surface area contributed by atoms with Gasteiger partial charge in [0.2, 0.25) is 5.91 Å². The van der Waals surface area contributed by atoms with Crippen LogP contribution >= 0.6 is 11.3 Å². The zero-order valence-corrected chi connectivity index (χ0v) is 20.1. The third-order valence-corrected chi connectivity index (χ3v) is 7.38. The molecule has 2 aromatic heterocycles. The summed E-state index contributed by atoms with van der Waals surface area (Å²) in [6.07, 6.45) is 6.50. The number of aryl methyl sites for hydroxylation is 1. The second kappa shape index (κ2) is 10.5. The SMILES string of the molecule is Cc1cc(CC(=O)NC2CCC(CCN3CCc4sc(OCC(C)(F)F)nc4C3)CC2)on1. The van der Waals surface area contributed by atoms with Gasteiger partial charge in [-0.1, -0.05) is 16.5 Å². The summed E-state index contributed by atoms with van der Waals surface area (Å²) in [6.45, 7) is 4.78. The largest absolute Gasteiger partial charge is 0.464 e. The van der Waals surface area contributed by atoms with Crippen LogP contribution in [0, 0.1) is 12.8 Å². The van der Waals surface area contributed by atoms with Crippen molar-refractivity contribution < 1.29 is 22.8 Å². The Hall–Kier alpha value is -2.07. The second-order valence-electron chi connectivity index (χ2n) is 9.42. The van der Waals surface area contributed by atoms with Crippen molar-refractivity contribution in [3.63, 3.8) is 0 Å². The number of hydrogen-bond donors (Lipinski definition) is 1. The minimum atomic E-state index is -2.85. The number of aromatic nitrogens is 2. The molecule has 1 saturated carbocycles. The van der Waals surface area contributed by atoms with Gasteiger partial charge >= 0.3 is 0 Å². The van der Waals surface area contributed by atoms with Gasteiger partial charge in [0.05, 0.1) is 17.8 Å². The van der Waals surface area contributed by atoms with E-state index < -0.39 is 12.5 Å². The molecule has 1 aliphatic carbocycles. The number of thiazole rings is 1. The van der Waals surface area contributed by atoms with Gasteiger partial charge < -0.3 is 14.6 Å². The number of nitrogens with zero attached hydrogens (tertiary/aromatic N) is 3. The molecule has 0 saturated heterocycles. The van der Waals surface area contributed by atoms with Crippen LogP contribution < -0.4 is 10.1 Å². The molecule has 7 nitrogen and oxygen atoms in total. The van der Waals surface area contributed by atoms with Crippen molar-refractivity contribution in [3.8, 4) is 5.19 Å². The molecule has 2 aromatic rings. The van der Waals surface area contributed by atoms with Gasteiger partial charge in [0.15, 0.2) is 6.61 Å². The van der Waals surface area contributed by atoms with E-state index in [4.69, 9.17) is 9.26 Å². The zero-order chi connectivity index (χ0) is 23.4. The molecule has 1 amide bonds. The summed E-state index contributed by atoms with van der Waals surface area (Å²) in [5, 5.41) is 7.30. The van der Waals surface area contributed by atoms with Crippen molar-refractivity contribution >= 4 is 17.2 Å². The maximum absolute atomic E-state index is 13.0. The van der Waals surface area contributed by atoms with Crippen molar-refractivity contribution in [2.75, 3.05) is 19.7 Å². The number of carbonyl (C=O) groups excluding carboxylic acids is 1. The van der Waals surface area contributed by atoms with E-state index in [0.717, 1.165) is 81.3 Å². The van der Waals surface area contributed by atoms with Gasteiger partial charge in [0.25, 0.3) is 11.1 Å². The first kappa shape index (κ1) is 24.1. The van der Waals surface area contributed by atoms with E-state index in [1.54, 1.807) is 6.07 Å². The minimum Gasteiger partial charge on any atom is -0.464 e. The molecule has 0 bridgehead atoms. The molecular formula is C23H32F2N4O3S. The van der Waals surface area contributed by atoms with Gasteiger partial charge in [0.1, 0.15) is 5.76 Å². The number of amides is 1. The Morgan fingerprint density at radius 3 is 2.85 bits per heavy atom. The Balaban J connectivity index is 1.15. The molecule has 0 radical (unpaired) electrons. The number of nitrogens with one attached hydrogen (secondary N) is 1. The third kappa shape index (κ3) is 7.20. The van der Waals surface area contributed by atoms with Gasteiger partial charge in [-0.05, 0) is 57.9 Å². The maximum Gasteiger partial charge on any atom is 0.278 e. The Morgan fingerprint density at radius 2 is 2.15 bits per heavy atom. The molecule has 1 fully saturated rings. The van der Waals surface area contributed by atoms with Crippen LogP contribution in [0.4, 0.5) is 8.78 Å². The van der Waals surface area contributed by atoms with Gasteiger partial charge in [-0.25, -0.2) is 13.8 Å². The smallest absolute Gasteiger partial charge is 0.278 e. The first-order valence-corrected chi connectivity index (χ1v) is 12.5. The lowest BCUT2D eigenvalue weighted by molar-refractivity contribution is -0.121. The topological polar surface area (TPSA) is 80.5 Å². The molecule has 182 valence electrons. The number of hydrogen-bond acceptors (Lipinski definition) is 7. The monoisotopic (exact) mass is 482 g/mol. The normalized spacial score (nSPS) is 21.6. The molecule has 0 atom stereocenters. The second-order valence-corrected chi connectivity index (χ2v) is 10.5. The van der Waals surface area contributed by atoms with Crippen LogP contribution in [0.5, 0.6) is 5.19 Å². The van der Waals surface area contributed by atoms with E-state index in [0.29, 0.717) is 16.9 Å². The number of ether oxygens (including phenoxy) is 1. The average Bonchev–Trinajstić information content (AvgIpc) is 3.36. The summed E-state index contributed by atoms with van der Waals surface area (Å²) in [5.41, 5.74) is 1.75. The molecular weight excluding hydrogens is 450 g/mol. The molecule has 3 heterocycles. The number of alkyl halides is 2. The number of halogens is 2. The lowest BCUT2D eigenvalue weighted by atomic mass is 9.84. The Kier molecular flexibility index (Phi) is 7.63. The Labute approximate surface area is 196 Å². The molecule has 1 N–H and O–H groups in total. The molecule has 2 aliphatic rings. The van der Waals surface area contributed by atoms with E-state index in [-0.39, 0.29) is 18.4 Å². The molecule has 10 heteroatoms. The van der Waals surface area contributed by atoms with Crippen molar-refractivity contribution in [2.45, 2.75) is 77.3 Å². The summed E-state index contributed by atoms with van der Waals surface area (Å²) in [7, 11) is 0. The van der Waals surface area contributed by atoms with E-state index in [1.165, 1.54) is 11.3 Å². The standard InChI is InChI=1S/C23H32F2N4O3S/c1-15-11-18(32-28-15)12-21(30)26-17-5-3-16(4-6-17)7-9-29-10-8-20-19(13-29)27-22(33-20)31-14-23(2,24)25/h11,16-17H,3-10,12-14H2,1-2H3,(H,26,30). The number of carbonyl (C=O) groups is 1. The molecule has 0 spiro atoms. The maximum atomic E-state index is 13.0. The molecule has 0 aromatic carbocycles. The number of fused-ring (bicyclic) bond motifs is 1. The highest BCUT2D eigenvalue weighted by molar-refractivity contribution is 7.13. The van der Waals surface area contributed by atoms with E-state index in [2.05, 4.69) is 20.4 Å². The van der Waals surface area contributed by atoms with Crippen molar-refractivity contribution in [1.29, 1.82) is 0 Å². The summed E-state index contributed by atoms with van der Waals surface area (Å²) in [5.74, 6) is -1.59. The summed E-state index contributed by atoms with van der Waals surface area (Å²) >= 11 is 1.39. The highest BCUT2D eigenvalue weighted by Crippen LogP contribution is 2.32. The van der Waals surface area contributed by atoms with Crippen LogP contribution in [0.15, 0.2) is 10.6 Å². The Morgan fingerprint density at radius 1 is 1.36 bits per heavy atom. The van der Waals surface area contributed by atoms with Gasteiger partial charge in [0, 0.05) is 37.0 Å². The first-order chi connectivity index (χ1) is 15.7. The fourth-order valence-corrected chi connectivity index (χ4v) is 5.47. The fourth-order valence-electron chi connectivity index (χ4n) is 4.57. The van der Waals surface area contributed by atoms with Crippen LogP contribution in [0.2, 0.25) is 0 Å². The third-order valence-electron chi connectivity index (χ3n) is 6.31. The van der Waals surface area contributed by atoms with Gasteiger partial charge in [-0.2, -0.15) is 0 Å². The highest BCUT2D eigenvalue weighted by Gasteiger charge is 2.27. The van der Waals surface area contributed by atoms with Crippen molar-refractivity contribution in [2.24, 2.45) is 5.92 Å². The van der Waals surface area contributed by atoms with Gasteiger partial charge in [-0.15, -0.1) is 0 Å². The predicted molar refractivity (Wildman–Crippen MR) is 121 cm³/mol. The lowest BCUT2D eigenvalue weighted by Crippen LogP contribution is -2.39.